The molecule has 126 valence electrons. The summed E-state index contributed by atoms with van der Waals surface area (Å²) in [6.07, 6.45) is 2.30. The number of halogens is 1. The molecule has 2 heterocycles. The normalized spacial score (nSPS) is 16.4. The van der Waals surface area contributed by atoms with E-state index < -0.39 is 0 Å². The van der Waals surface area contributed by atoms with E-state index in [1.165, 1.54) is 26.4 Å². The number of nitrogens with one attached hydrogen (secondary N) is 1. The minimum Gasteiger partial charge on any atom is -0.497 e. The van der Waals surface area contributed by atoms with E-state index in [0.29, 0.717) is 0 Å². The first-order chi connectivity index (χ1) is 12.1. The Morgan fingerprint density at radius 2 is 1.96 bits per heavy atom. The third-order valence-corrected chi connectivity index (χ3v) is 5.86. The second kappa shape index (κ2) is 6.32. The van der Waals surface area contributed by atoms with Crippen molar-refractivity contribution in [3.8, 4) is 5.75 Å². The molecule has 2 aromatic carbocycles. The fraction of sp³-hybridized carbons (Fsp3) is 0.143. The number of hydrogen-bond donors (Lipinski definition) is 1. The zero-order chi connectivity index (χ0) is 17.6. The molecule has 0 aliphatic carbocycles. The summed E-state index contributed by atoms with van der Waals surface area (Å²) in [5.41, 5.74) is 4.67. The van der Waals surface area contributed by atoms with E-state index >= 15 is 0 Å². The van der Waals surface area contributed by atoms with Crippen molar-refractivity contribution in [2.24, 2.45) is 0 Å². The Kier molecular flexibility index (Phi) is 4.14. The minimum atomic E-state index is 0.184. The lowest BCUT2D eigenvalue weighted by Gasteiger charge is -2.22. The van der Waals surface area contributed by atoms with Gasteiger partial charge in [0.1, 0.15) is 5.75 Å². The van der Waals surface area contributed by atoms with Gasteiger partial charge in [-0.15, -0.1) is 0 Å². The maximum absolute atomic E-state index is 6.17. The van der Waals surface area contributed by atoms with Crippen molar-refractivity contribution >= 4 is 39.2 Å². The Morgan fingerprint density at radius 3 is 2.64 bits per heavy atom. The van der Waals surface area contributed by atoms with E-state index in [9.17, 15) is 0 Å². The standard InChI is InChI=1S/C21H18ClNOS/c1-12(2)17-11-19(13-4-7-15(24-3)8-5-13)25-21-20(17)16-9-6-14(22)10-18(16)23-21/h4-11,17,23H,1H2,2-3H3. The molecule has 4 heteroatoms. The van der Waals surface area contributed by atoms with Gasteiger partial charge >= 0.3 is 0 Å². The average Bonchev–Trinajstić information content (AvgIpc) is 2.98. The molecule has 2 nitrogen and oxygen atoms in total. The van der Waals surface area contributed by atoms with E-state index in [0.717, 1.165) is 21.9 Å². The first-order valence-corrected chi connectivity index (χ1v) is 9.27. The lowest BCUT2D eigenvalue weighted by molar-refractivity contribution is 0.415. The van der Waals surface area contributed by atoms with E-state index in [4.69, 9.17) is 16.3 Å². The number of ether oxygens (including phenoxy) is 1. The monoisotopic (exact) mass is 367 g/mol. The van der Waals surface area contributed by atoms with Crippen LogP contribution in [0.5, 0.6) is 5.75 Å². The number of allylic oxidation sites excluding steroid dienone is 2. The molecule has 1 aromatic heterocycles. The Bertz CT molecular complexity index is 1000. The largest absolute Gasteiger partial charge is 0.497 e. The lowest BCUT2D eigenvalue weighted by atomic mass is 9.91. The van der Waals surface area contributed by atoms with Gasteiger partial charge in [0.15, 0.2) is 0 Å². The summed E-state index contributed by atoms with van der Waals surface area (Å²) in [7, 11) is 1.68. The number of benzene rings is 2. The molecule has 4 rings (SSSR count). The Balaban J connectivity index is 1.83. The highest BCUT2D eigenvalue weighted by Gasteiger charge is 2.26. The van der Waals surface area contributed by atoms with Crippen LogP contribution in [0.3, 0.4) is 0 Å². The fourth-order valence-corrected chi connectivity index (χ4v) is 4.59. The second-order valence-corrected chi connectivity index (χ2v) is 7.73. The van der Waals surface area contributed by atoms with Crippen LogP contribution in [-0.4, -0.2) is 12.1 Å². The number of fused-ring (bicyclic) bond motifs is 3. The number of aromatic nitrogens is 1. The number of rotatable bonds is 3. The van der Waals surface area contributed by atoms with Crippen LogP contribution < -0.4 is 4.74 Å². The van der Waals surface area contributed by atoms with Gasteiger partial charge in [-0.3, -0.25) is 0 Å². The van der Waals surface area contributed by atoms with Crippen LogP contribution >= 0.6 is 23.4 Å². The molecule has 0 bridgehead atoms. The molecule has 0 saturated heterocycles. The molecule has 0 spiro atoms. The maximum Gasteiger partial charge on any atom is 0.118 e. The van der Waals surface area contributed by atoms with Gasteiger partial charge in [0.2, 0.25) is 0 Å². The van der Waals surface area contributed by atoms with Gasteiger partial charge in [-0.25, -0.2) is 0 Å². The maximum atomic E-state index is 6.17. The predicted octanol–water partition coefficient (Wildman–Crippen LogP) is 6.64. The van der Waals surface area contributed by atoms with E-state index in [1.54, 1.807) is 18.9 Å². The van der Waals surface area contributed by atoms with Crippen LogP contribution in [0, 0.1) is 0 Å². The molecule has 1 aliphatic rings. The average molecular weight is 368 g/mol. The summed E-state index contributed by atoms with van der Waals surface area (Å²) in [6.45, 7) is 6.31. The first kappa shape index (κ1) is 16.4. The number of aromatic amines is 1. The zero-order valence-electron chi connectivity index (χ0n) is 14.1. The van der Waals surface area contributed by atoms with Crippen molar-refractivity contribution in [3.05, 3.63) is 76.8 Å². The van der Waals surface area contributed by atoms with Crippen LogP contribution in [0.4, 0.5) is 0 Å². The highest BCUT2D eigenvalue weighted by Crippen LogP contribution is 2.49. The molecule has 1 atom stereocenters. The van der Waals surface area contributed by atoms with E-state index in [1.807, 2.05) is 24.3 Å². The first-order valence-electron chi connectivity index (χ1n) is 8.07. The van der Waals surface area contributed by atoms with Crippen LogP contribution in [0.2, 0.25) is 5.02 Å². The molecule has 0 radical (unpaired) electrons. The molecule has 1 unspecified atom stereocenters. The highest BCUT2D eigenvalue weighted by molar-refractivity contribution is 8.08. The van der Waals surface area contributed by atoms with Gasteiger partial charge in [-0.1, -0.05) is 59.8 Å². The van der Waals surface area contributed by atoms with Crippen molar-refractivity contribution in [1.82, 2.24) is 4.98 Å². The Labute approximate surface area is 156 Å². The van der Waals surface area contributed by atoms with Crippen molar-refractivity contribution in [3.63, 3.8) is 0 Å². The molecular formula is C21H18ClNOS. The number of hydrogen-bond acceptors (Lipinski definition) is 2. The van der Waals surface area contributed by atoms with Gasteiger partial charge in [0, 0.05) is 32.3 Å². The smallest absolute Gasteiger partial charge is 0.118 e. The molecule has 0 amide bonds. The van der Waals surface area contributed by atoms with Crippen LogP contribution in [0.15, 0.2) is 65.7 Å². The second-order valence-electron chi connectivity index (χ2n) is 6.24. The lowest BCUT2D eigenvalue weighted by Crippen LogP contribution is -2.02. The molecule has 0 fully saturated rings. The van der Waals surface area contributed by atoms with Crippen LogP contribution in [0.1, 0.15) is 24.0 Å². The van der Waals surface area contributed by atoms with Crippen LogP contribution in [0.25, 0.3) is 15.8 Å². The summed E-state index contributed by atoms with van der Waals surface area (Å²) in [4.78, 5) is 4.76. The van der Waals surface area contributed by atoms with Gasteiger partial charge in [0.05, 0.1) is 12.1 Å². The Morgan fingerprint density at radius 1 is 1.20 bits per heavy atom. The molecule has 0 saturated carbocycles. The van der Waals surface area contributed by atoms with Crippen molar-refractivity contribution in [2.75, 3.05) is 7.11 Å². The van der Waals surface area contributed by atoms with Crippen molar-refractivity contribution in [1.29, 1.82) is 0 Å². The predicted molar refractivity (Wildman–Crippen MR) is 108 cm³/mol. The molecular weight excluding hydrogens is 350 g/mol. The number of H-pyrrole nitrogens is 1. The molecule has 25 heavy (non-hydrogen) atoms. The summed E-state index contributed by atoms with van der Waals surface area (Å²) in [5, 5.41) is 3.12. The summed E-state index contributed by atoms with van der Waals surface area (Å²) in [6, 6.07) is 14.2. The fourth-order valence-electron chi connectivity index (χ4n) is 3.23. The van der Waals surface area contributed by atoms with Gasteiger partial charge in [-0.2, -0.15) is 0 Å². The van der Waals surface area contributed by atoms with Crippen molar-refractivity contribution < 1.29 is 4.74 Å². The van der Waals surface area contributed by atoms with Crippen molar-refractivity contribution in [2.45, 2.75) is 17.9 Å². The summed E-state index contributed by atoms with van der Waals surface area (Å²) < 4.78 is 5.26. The number of methoxy groups -OCH3 is 1. The van der Waals surface area contributed by atoms with E-state index in [2.05, 4.69) is 42.8 Å². The summed E-state index contributed by atoms with van der Waals surface area (Å²) in [5.74, 6) is 1.05. The Hall–Kier alpha value is -2.10. The molecule has 1 N–H and O–H groups in total. The third-order valence-electron chi connectivity index (χ3n) is 4.51. The topological polar surface area (TPSA) is 25.0 Å². The molecule has 3 aromatic rings. The number of thioether (sulfide) groups is 1. The quantitative estimate of drug-likeness (QED) is 0.525. The minimum absolute atomic E-state index is 0.184. The molecule has 1 aliphatic heterocycles. The van der Waals surface area contributed by atoms with Gasteiger partial charge in [0.25, 0.3) is 0 Å². The van der Waals surface area contributed by atoms with E-state index in [-0.39, 0.29) is 5.92 Å². The highest BCUT2D eigenvalue weighted by atomic mass is 35.5. The van der Waals surface area contributed by atoms with Gasteiger partial charge in [-0.05, 0) is 36.8 Å². The van der Waals surface area contributed by atoms with Gasteiger partial charge < -0.3 is 9.72 Å². The summed E-state index contributed by atoms with van der Waals surface area (Å²) >= 11 is 7.92. The van der Waals surface area contributed by atoms with Crippen LogP contribution in [-0.2, 0) is 0 Å². The third kappa shape index (κ3) is 2.88. The zero-order valence-corrected chi connectivity index (χ0v) is 15.7. The SMILES string of the molecule is C=C(C)C1C=C(c2ccc(OC)cc2)Sc2[nH]c3cc(Cl)ccc3c21.